The van der Waals surface area contributed by atoms with E-state index < -0.39 is 0 Å². The maximum absolute atomic E-state index is 9.14. The first-order valence-electron chi connectivity index (χ1n) is 7.46. The Morgan fingerprint density at radius 2 is 1.54 bits per heavy atom. The molecule has 0 atom stereocenters. The number of benzene rings is 1. The van der Waals surface area contributed by atoms with E-state index in [1.165, 1.54) is 28.2 Å². The van der Waals surface area contributed by atoms with E-state index in [9.17, 15) is 0 Å². The van der Waals surface area contributed by atoms with Crippen LogP contribution in [-0.4, -0.2) is 62.1 Å². The molecular formula is C13H12N10OS2. The average Bonchev–Trinajstić information content (AvgIpc) is 3.25. The summed E-state index contributed by atoms with van der Waals surface area (Å²) in [6.45, 7) is 0.236. The van der Waals surface area contributed by atoms with Crippen molar-refractivity contribution >= 4 is 34.6 Å². The van der Waals surface area contributed by atoms with Crippen LogP contribution in [0.2, 0.25) is 0 Å². The summed E-state index contributed by atoms with van der Waals surface area (Å²) in [5.74, 6) is 0. The van der Waals surface area contributed by atoms with Crippen molar-refractivity contribution in [2.75, 3.05) is 6.61 Å². The van der Waals surface area contributed by atoms with Crippen LogP contribution in [-0.2, 0) is 13.6 Å². The summed E-state index contributed by atoms with van der Waals surface area (Å²) in [6.07, 6.45) is 0. The Bertz CT molecular complexity index is 1050. The first-order valence-corrected chi connectivity index (χ1v) is 9.10. The van der Waals surface area contributed by atoms with Crippen LogP contribution >= 0.6 is 23.5 Å². The van der Waals surface area contributed by atoms with Gasteiger partial charge in [0.15, 0.2) is 0 Å². The minimum atomic E-state index is -0.0613. The smallest absolute Gasteiger partial charge is 0.215 e. The summed E-state index contributed by atoms with van der Waals surface area (Å²) in [5.41, 5.74) is 1.53. The quantitative estimate of drug-likeness (QED) is 0.493. The fourth-order valence-electron chi connectivity index (χ4n) is 2.09. The van der Waals surface area contributed by atoms with Crippen molar-refractivity contribution < 1.29 is 5.11 Å². The number of tetrazole rings is 2. The van der Waals surface area contributed by atoms with Gasteiger partial charge in [0.2, 0.25) is 10.3 Å². The summed E-state index contributed by atoms with van der Waals surface area (Å²) in [4.78, 5) is 9.38. The maximum atomic E-state index is 9.14. The van der Waals surface area contributed by atoms with E-state index in [0.29, 0.717) is 26.9 Å². The largest absolute Gasteiger partial charge is 0.394 e. The standard InChI is InChI=1S/C13H12N10OS2/c1-22-12(16-18-20-22)25-10-11(15-9-5-3-2-4-8(9)14-10)26-13-17-19-21-23(13)6-7-24/h2-5,24H,6-7H2,1H3. The van der Waals surface area contributed by atoms with Crippen molar-refractivity contribution in [3.63, 3.8) is 0 Å². The zero-order chi connectivity index (χ0) is 17.9. The van der Waals surface area contributed by atoms with E-state index in [1.807, 2.05) is 24.3 Å². The van der Waals surface area contributed by atoms with Crippen LogP contribution in [0, 0.1) is 0 Å². The van der Waals surface area contributed by atoms with Gasteiger partial charge in [0.05, 0.1) is 24.2 Å². The Morgan fingerprint density at radius 1 is 0.923 bits per heavy atom. The van der Waals surface area contributed by atoms with Crippen molar-refractivity contribution in [2.24, 2.45) is 7.05 Å². The molecule has 0 aliphatic carbocycles. The number of hydrogen-bond donors (Lipinski definition) is 1. The summed E-state index contributed by atoms with van der Waals surface area (Å²) >= 11 is 2.58. The zero-order valence-electron chi connectivity index (χ0n) is 13.5. The number of fused-ring (bicyclic) bond motifs is 1. The van der Waals surface area contributed by atoms with Crippen LogP contribution in [0.4, 0.5) is 0 Å². The van der Waals surface area contributed by atoms with Gasteiger partial charge in [-0.05, 0) is 56.5 Å². The van der Waals surface area contributed by atoms with E-state index in [-0.39, 0.29) is 6.61 Å². The van der Waals surface area contributed by atoms with Gasteiger partial charge in [0, 0.05) is 7.05 Å². The van der Waals surface area contributed by atoms with Crippen LogP contribution < -0.4 is 0 Å². The molecule has 3 aromatic heterocycles. The number of aliphatic hydroxyl groups is 1. The third-order valence-corrected chi connectivity index (χ3v) is 5.37. The maximum Gasteiger partial charge on any atom is 0.215 e. The third kappa shape index (κ3) is 3.36. The average molecular weight is 388 g/mol. The van der Waals surface area contributed by atoms with Crippen LogP contribution in [0.25, 0.3) is 11.0 Å². The van der Waals surface area contributed by atoms with Crippen molar-refractivity contribution in [3.8, 4) is 0 Å². The van der Waals surface area contributed by atoms with Gasteiger partial charge >= 0.3 is 0 Å². The molecule has 13 heteroatoms. The lowest BCUT2D eigenvalue weighted by Crippen LogP contribution is -2.06. The molecule has 1 aromatic carbocycles. The Labute approximate surface area is 155 Å². The number of aryl methyl sites for hydroxylation is 1. The molecule has 0 fully saturated rings. The van der Waals surface area contributed by atoms with Gasteiger partial charge in [-0.3, -0.25) is 0 Å². The highest BCUT2D eigenvalue weighted by molar-refractivity contribution is 8.02. The number of aliphatic hydroxyl groups excluding tert-OH is 1. The first kappa shape index (κ1) is 16.8. The minimum absolute atomic E-state index is 0.0613. The Kier molecular flexibility index (Phi) is 4.73. The van der Waals surface area contributed by atoms with Gasteiger partial charge in [-0.25, -0.2) is 19.3 Å². The molecule has 11 nitrogen and oxygen atoms in total. The topological polar surface area (TPSA) is 133 Å². The molecule has 0 aliphatic heterocycles. The van der Waals surface area contributed by atoms with Crippen molar-refractivity contribution in [2.45, 2.75) is 26.9 Å². The fraction of sp³-hybridized carbons (Fsp3) is 0.231. The van der Waals surface area contributed by atoms with Gasteiger partial charge in [-0.1, -0.05) is 12.1 Å². The molecule has 3 heterocycles. The molecule has 0 amide bonds. The molecule has 0 saturated carbocycles. The lowest BCUT2D eigenvalue weighted by atomic mass is 10.3. The number of nitrogens with zero attached hydrogens (tertiary/aromatic N) is 10. The molecule has 0 saturated heterocycles. The SMILES string of the molecule is Cn1nnnc1Sc1nc2ccccc2nc1Sc1nnnn1CCO. The number of rotatable bonds is 6. The molecule has 0 radical (unpaired) electrons. The molecule has 26 heavy (non-hydrogen) atoms. The Hall–Kier alpha value is -2.64. The van der Waals surface area contributed by atoms with Gasteiger partial charge in [-0.15, -0.1) is 10.2 Å². The summed E-state index contributed by atoms with van der Waals surface area (Å²) in [7, 11) is 1.76. The predicted molar refractivity (Wildman–Crippen MR) is 91.5 cm³/mol. The number of hydrogen-bond acceptors (Lipinski definition) is 11. The lowest BCUT2D eigenvalue weighted by molar-refractivity contribution is 0.262. The summed E-state index contributed by atoms with van der Waals surface area (Å²) in [6, 6.07) is 7.59. The predicted octanol–water partition coefficient (Wildman–Crippen LogP) is 0.434. The van der Waals surface area contributed by atoms with E-state index in [2.05, 4.69) is 31.1 Å². The van der Waals surface area contributed by atoms with Crippen LogP contribution in [0.3, 0.4) is 0 Å². The van der Waals surface area contributed by atoms with E-state index >= 15 is 0 Å². The van der Waals surface area contributed by atoms with Gasteiger partial charge in [0.1, 0.15) is 10.1 Å². The van der Waals surface area contributed by atoms with Crippen molar-refractivity contribution in [1.82, 2.24) is 50.4 Å². The second-order valence-electron chi connectivity index (χ2n) is 5.02. The number of aromatic nitrogens is 10. The molecule has 4 aromatic rings. The Morgan fingerprint density at radius 3 is 2.15 bits per heavy atom. The first-order chi connectivity index (χ1) is 12.7. The van der Waals surface area contributed by atoms with E-state index in [0.717, 1.165) is 11.0 Å². The molecule has 1 N–H and O–H groups in total. The van der Waals surface area contributed by atoms with E-state index in [1.54, 1.807) is 11.7 Å². The van der Waals surface area contributed by atoms with Crippen LogP contribution in [0.15, 0.2) is 44.6 Å². The Balaban J connectivity index is 1.76. The van der Waals surface area contributed by atoms with Crippen molar-refractivity contribution in [3.05, 3.63) is 24.3 Å². The van der Waals surface area contributed by atoms with E-state index in [4.69, 9.17) is 15.1 Å². The normalized spacial score (nSPS) is 11.3. The molecular weight excluding hydrogens is 376 g/mol. The highest BCUT2D eigenvalue weighted by Gasteiger charge is 2.18. The van der Waals surface area contributed by atoms with Crippen LogP contribution in [0.1, 0.15) is 0 Å². The fourth-order valence-corrected chi connectivity index (χ4v) is 3.79. The second-order valence-corrected chi connectivity index (χ2v) is 6.93. The highest BCUT2D eigenvalue weighted by atomic mass is 32.2. The van der Waals surface area contributed by atoms with Crippen LogP contribution in [0.5, 0.6) is 0 Å². The third-order valence-electron chi connectivity index (χ3n) is 3.28. The van der Waals surface area contributed by atoms with Gasteiger partial charge in [0.25, 0.3) is 0 Å². The molecule has 0 unspecified atom stereocenters. The molecule has 0 bridgehead atoms. The number of para-hydroxylation sites is 2. The molecule has 132 valence electrons. The monoisotopic (exact) mass is 388 g/mol. The lowest BCUT2D eigenvalue weighted by Gasteiger charge is -2.08. The molecule has 4 rings (SSSR count). The zero-order valence-corrected chi connectivity index (χ0v) is 15.1. The second kappa shape index (κ2) is 7.31. The van der Waals surface area contributed by atoms with Gasteiger partial charge in [-0.2, -0.15) is 0 Å². The summed E-state index contributed by atoms with van der Waals surface area (Å²) < 4.78 is 3.08. The van der Waals surface area contributed by atoms with Gasteiger partial charge < -0.3 is 5.11 Å². The molecule has 0 aliphatic rings. The van der Waals surface area contributed by atoms with Crippen molar-refractivity contribution in [1.29, 1.82) is 0 Å². The molecule has 0 spiro atoms. The highest BCUT2D eigenvalue weighted by Crippen LogP contribution is 2.35. The summed E-state index contributed by atoms with van der Waals surface area (Å²) in [5, 5.41) is 34.5. The minimum Gasteiger partial charge on any atom is -0.394 e.